The minimum Gasteiger partial charge on any atom is -0.423 e. The molecule has 0 fully saturated rings. The number of pyridine rings is 2. The van der Waals surface area contributed by atoms with Crippen molar-refractivity contribution in [2.45, 2.75) is 27.7 Å². The molecule has 54 heavy (non-hydrogen) atoms. The Kier molecular flexibility index (Phi) is 13.9. The molecular weight excluding hydrogens is 765 g/mol. The van der Waals surface area contributed by atoms with Crippen molar-refractivity contribution in [1.29, 1.82) is 0 Å². The molecule has 0 aliphatic rings. The van der Waals surface area contributed by atoms with Gasteiger partial charge in [0.15, 0.2) is 11.6 Å². The molecular formula is C36H34BBrF2N10O4. The lowest BCUT2D eigenvalue weighted by Crippen LogP contribution is -2.30. The van der Waals surface area contributed by atoms with E-state index in [0.717, 1.165) is 45.5 Å². The molecule has 0 saturated heterocycles. The molecule has 4 aromatic heterocycles. The van der Waals surface area contributed by atoms with E-state index in [-0.39, 0.29) is 15.5 Å². The highest BCUT2D eigenvalue weighted by molar-refractivity contribution is 9.12. The number of primary amides is 2. The van der Waals surface area contributed by atoms with Gasteiger partial charge in [0.25, 0.3) is 11.8 Å². The lowest BCUT2D eigenvalue weighted by atomic mass is 9.81. The smallest absolute Gasteiger partial charge is 0.423 e. The van der Waals surface area contributed by atoms with Gasteiger partial charge in [-0.3, -0.25) is 9.59 Å². The van der Waals surface area contributed by atoms with Crippen LogP contribution in [0, 0.1) is 39.6 Å². The molecule has 0 aliphatic heterocycles. The van der Waals surface area contributed by atoms with Crippen molar-refractivity contribution in [2.75, 3.05) is 0 Å². The van der Waals surface area contributed by atoms with E-state index in [9.17, 15) is 18.4 Å². The van der Waals surface area contributed by atoms with Gasteiger partial charge < -0.3 is 21.5 Å². The summed E-state index contributed by atoms with van der Waals surface area (Å²) in [6.07, 6.45) is 8.32. The monoisotopic (exact) mass is 798 g/mol. The first-order chi connectivity index (χ1) is 25.6. The van der Waals surface area contributed by atoms with E-state index >= 15 is 0 Å². The van der Waals surface area contributed by atoms with Gasteiger partial charge in [-0.2, -0.15) is 8.78 Å². The van der Waals surface area contributed by atoms with Gasteiger partial charge in [0.1, 0.15) is 17.1 Å². The molecule has 2 aromatic carbocycles. The average Bonchev–Trinajstić information content (AvgIpc) is 3.77. The Bertz CT molecular complexity index is 2310. The second-order valence-corrected chi connectivity index (χ2v) is 12.6. The topological polar surface area (TPSA) is 214 Å². The third-order valence-corrected chi connectivity index (χ3v) is 7.67. The number of benzene rings is 2. The van der Waals surface area contributed by atoms with E-state index in [2.05, 4.69) is 58.2 Å². The average molecular weight is 799 g/mol. The Morgan fingerprint density at radius 2 is 1.15 bits per heavy atom. The maximum Gasteiger partial charge on any atom is 0.488 e. The van der Waals surface area contributed by atoms with Gasteiger partial charge in [-0.15, -0.1) is 10.2 Å². The van der Waals surface area contributed by atoms with Crippen LogP contribution in [0.4, 0.5) is 8.78 Å². The van der Waals surface area contributed by atoms with E-state index in [1.807, 2.05) is 52.0 Å². The summed E-state index contributed by atoms with van der Waals surface area (Å²) in [7, 11) is -1.63. The van der Waals surface area contributed by atoms with E-state index in [1.54, 1.807) is 0 Å². The van der Waals surface area contributed by atoms with Crippen LogP contribution in [0.1, 0.15) is 27.8 Å². The molecule has 6 rings (SSSR count). The van der Waals surface area contributed by atoms with Gasteiger partial charge in [-0.25, -0.2) is 29.3 Å². The summed E-state index contributed by atoms with van der Waals surface area (Å²) in [4.78, 5) is 37.8. The molecule has 14 nitrogen and oxygen atoms in total. The van der Waals surface area contributed by atoms with Crippen molar-refractivity contribution >= 4 is 58.3 Å². The number of carbonyl (C=O) groups excluding carboxylic acids is 2. The van der Waals surface area contributed by atoms with Crippen LogP contribution in [-0.4, -0.2) is 68.5 Å². The zero-order chi connectivity index (χ0) is 39.5. The van der Waals surface area contributed by atoms with Crippen LogP contribution in [0.2, 0.25) is 0 Å². The summed E-state index contributed by atoms with van der Waals surface area (Å²) >= 11 is 3.07. The summed E-state index contributed by atoms with van der Waals surface area (Å²) in [6, 6.07) is 17.1. The number of rotatable bonds is 8. The lowest BCUT2D eigenvalue weighted by Gasteiger charge is -2.03. The van der Waals surface area contributed by atoms with E-state index < -0.39 is 30.8 Å². The lowest BCUT2D eigenvalue weighted by molar-refractivity contribution is -0.114. The zero-order valence-electron chi connectivity index (χ0n) is 29.4. The molecule has 6 N–H and O–H groups in total. The molecule has 0 aliphatic carbocycles. The van der Waals surface area contributed by atoms with Gasteiger partial charge >= 0.3 is 7.12 Å². The predicted octanol–water partition coefficient (Wildman–Crippen LogP) is 3.72. The van der Waals surface area contributed by atoms with Crippen molar-refractivity contribution in [3.05, 3.63) is 130 Å². The number of halogens is 3. The first kappa shape index (κ1) is 40.5. The molecule has 0 spiro atoms. The quantitative estimate of drug-likeness (QED) is 0.0995. The Balaban J connectivity index is 0.000000197. The molecule has 4 heterocycles. The number of hydrogen-bond acceptors (Lipinski definition) is 10. The molecule has 18 heteroatoms. The molecule has 6 aromatic rings. The van der Waals surface area contributed by atoms with Gasteiger partial charge in [0.05, 0.1) is 11.8 Å². The van der Waals surface area contributed by atoms with Crippen molar-refractivity contribution in [3.8, 4) is 22.8 Å². The Labute approximate surface area is 317 Å². The minimum atomic E-state index is -1.63. The Morgan fingerprint density at radius 1 is 0.685 bits per heavy atom. The number of hydrogen-bond donors (Lipinski definition) is 4. The Morgan fingerprint density at radius 3 is 1.56 bits per heavy atom. The number of carbonyl (C=O) groups is 2. The minimum absolute atomic E-state index is 0.104. The SMILES string of the molecule is Cc1cc(C)cc(-c2ncn(/C=C(/C(N)=O)c3ccnc(F)c3)n2)c1.Cc1cc(C)cc(-c2ncn(/C=C(\Br)C(N)=O)n2)c1.OB(O)c1ccnc(F)c1. The zero-order valence-corrected chi connectivity index (χ0v) is 31.0. The molecule has 2 amide bonds. The fraction of sp³-hybridized carbons (Fsp3) is 0.111. The second-order valence-electron chi connectivity index (χ2n) is 11.8. The summed E-state index contributed by atoms with van der Waals surface area (Å²) in [5, 5.41) is 25.6. The summed E-state index contributed by atoms with van der Waals surface area (Å²) in [5.74, 6) is -1.54. The predicted molar refractivity (Wildman–Crippen MR) is 204 cm³/mol. The second kappa shape index (κ2) is 18.5. The number of aromatic nitrogens is 8. The van der Waals surface area contributed by atoms with Crippen molar-refractivity contribution in [1.82, 2.24) is 39.5 Å². The number of aryl methyl sites for hydroxylation is 4. The fourth-order valence-electron chi connectivity index (χ4n) is 4.89. The van der Waals surface area contributed by atoms with Gasteiger partial charge in [-0.05, 0) is 97.1 Å². The normalized spacial score (nSPS) is 11.2. The highest BCUT2D eigenvalue weighted by Crippen LogP contribution is 2.21. The van der Waals surface area contributed by atoms with E-state index in [0.29, 0.717) is 17.2 Å². The standard InChI is InChI=1S/C18H16FN5O.C13H13BrN4O.C5H5BFNO2/c1-11-5-12(2)7-14(6-11)18-22-10-24(23-18)9-15(17(20)25)13-3-4-21-16(19)8-13;1-8-3-9(2)5-10(4-8)13-16-7-18(17-13)6-11(14)12(15)19;7-5-3-4(6(9)10)1-2-8-5/h3-10H,1-2H3,(H2,20,25);3-7H,1-2H3,(H2,15,19);1-3,9-10H/b15-9+;11-6-;. The maximum absolute atomic E-state index is 13.3. The van der Waals surface area contributed by atoms with Crippen LogP contribution in [0.15, 0.2) is 90.2 Å². The first-order valence-electron chi connectivity index (χ1n) is 15.9. The molecule has 0 radical (unpaired) electrons. The highest BCUT2D eigenvalue weighted by atomic mass is 79.9. The summed E-state index contributed by atoms with van der Waals surface area (Å²) in [6.45, 7) is 8.04. The van der Waals surface area contributed by atoms with Crippen LogP contribution in [0.5, 0.6) is 0 Å². The van der Waals surface area contributed by atoms with Crippen molar-refractivity contribution < 1.29 is 28.4 Å². The molecule has 0 atom stereocenters. The fourth-order valence-corrected chi connectivity index (χ4v) is 5.10. The first-order valence-corrected chi connectivity index (χ1v) is 16.6. The summed E-state index contributed by atoms with van der Waals surface area (Å²) in [5.41, 5.74) is 17.4. The van der Waals surface area contributed by atoms with Gasteiger partial charge in [0.2, 0.25) is 11.9 Å². The highest BCUT2D eigenvalue weighted by Gasteiger charge is 2.13. The molecule has 276 valence electrons. The Hall–Kier alpha value is -6.24. The maximum atomic E-state index is 13.3. The van der Waals surface area contributed by atoms with Crippen LogP contribution in [0.25, 0.3) is 40.7 Å². The largest absolute Gasteiger partial charge is 0.488 e. The van der Waals surface area contributed by atoms with Crippen LogP contribution >= 0.6 is 15.9 Å². The van der Waals surface area contributed by atoms with Crippen molar-refractivity contribution in [2.24, 2.45) is 11.5 Å². The third kappa shape index (κ3) is 11.9. The van der Waals surface area contributed by atoms with Crippen LogP contribution in [-0.2, 0) is 9.59 Å². The van der Waals surface area contributed by atoms with Gasteiger partial charge in [0, 0.05) is 35.8 Å². The number of nitrogens with two attached hydrogens (primary N) is 2. The molecule has 0 saturated carbocycles. The van der Waals surface area contributed by atoms with Crippen LogP contribution in [0.3, 0.4) is 0 Å². The van der Waals surface area contributed by atoms with Crippen molar-refractivity contribution in [3.63, 3.8) is 0 Å². The third-order valence-electron chi connectivity index (χ3n) is 7.07. The summed E-state index contributed by atoms with van der Waals surface area (Å²) < 4.78 is 28.6. The molecule has 0 unspecified atom stereocenters. The number of amides is 2. The molecule has 0 bridgehead atoms. The van der Waals surface area contributed by atoms with Crippen LogP contribution < -0.4 is 16.9 Å². The van der Waals surface area contributed by atoms with Gasteiger partial charge in [-0.1, -0.05) is 34.4 Å². The van der Waals surface area contributed by atoms with E-state index in [1.165, 1.54) is 58.9 Å². The van der Waals surface area contributed by atoms with E-state index in [4.69, 9.17) is 21.5 Å². The number of nitrogens with zero attached hydrogens (tertiary/aromatic N) is 8.